The fourth-order valence-electron chi connectivity index (χ4n) is 1.52. The third kappa shape index (κ3) is 3.66. The Bertz CT molecular complexity index is 487. The zero-order valence-corrected chi connectivity index (χ0v) is 10.8. The van der Waals surface area contributed by atoms with Gasteiger partial charge in [-0.1, -0.05) is 23.7 Å². The predicted octanol–water partition coefficient (Wildman–Crippen LogP) is 0.996. The summed E-state index contributed by atoms with van der Waals surface area (Å²) in [6.07, 6.45) is -3.34. The van der Waals surface area contributed by atoms with E-state index < -0.39 is 30.6 Å². The molecule has 0 fully saturated rings. The summed E-state index contributed by atoms with van der Waals surface area (Å²) in [4.78, 5) is 21.9. The lowest BCUT2D eigenvalue weighted by atomic mass is 10.00. The molecule has 3 N–H and O–H groups in total. The van der Waals surface area contributed by atoms with E-state index in [1.54, 1.807) is 0 Å². The van der Waals surface area contributed by atoms with Gasteiger partial charge in [0.1, 0.15) is 6.10 Å². The maximum atomic E-state index is 11.0. The van der Waals surface area contributed by atoms with Crippen LogP contribution in [0.2, 0.25) is 5.02 Å². The first-order chi connectivity index (χ1) is 8.88. The number of benzene rings is 1. The number of carbonyl (C=O) groups excluding carboxylic acids is 1. The standard InChI is InChI=1S/C12H13ClO6/c1-19-9(15)5-8(14)11(16)6-3-2-4-7(10(6)13)12(17)18/h2-4,8,11,14,16H,5H2,1H3,(H,17,18). The van der Waals surface area contributed by atoms with Gasteiger partial charge in [0.2, 0.25) is 0 Å². The number of rotatable bonds is 5. The van der Waals surface area contributed by atoms with Crippen molar-refractivity contribution in [3.8, 4) is 0 Å². The molecular weight excluding hydrogens is 276 g/mol. The summed E-state index contributed by atoms with van der Waals surface area (Å²) in [5.74, 6) is -1.95. The molecule has 0 aliphatic heterocycles. The van der Waals surface area contributed by atoms with E-state index in [4.69, 9.17) is 16.7 Å². The van der Waals surface area contributed by atoms with E-state index in [9.17, 15) is 19.8 Å². The van der Waals surface area contributed by atoms with Gasteiger partial charge in [-0.15, -0.1) is 0 Å². The molecule has 104 valence electrons. The Hall–Kier alpha value is -1.63. The van der Waals surface area contributed by atoms with E-state index in [-0.39, 0.29) is 16.1 Å². The largest absolute Gasteiger partial charge is 0.478 e. The molecule has 0 amide bonds. The average Bonchev–Trinajstić information content (AvgIpc) is 2.37. The van der Waals surface area contributed by atoms with Crippen LogP contribution in [0.15, 0.2) is 18.2 Å². The van der Waals surface area contributed by atoms with Gasteiger partial charge in [-0.2, -0.15) is 0 Å². The number of esters is 1. The topological polar surface area (TPSA) is 104 Å². The molecule has 2 unspecified atom stereocenters. The maximum Gasteiger partial charge on any atom is 0.337 e. The molecular formula is C12H13ClO6. The summed E-state index contributed by atoms with van der Waals surface area (Å²) >= 11 is 5.85. The molecule has 1 aromatic rings. The molecule has 0 aliphatic carbocycles. The van der Waals surface area contributed by atoms with Gasteiger partial charge >= 0.3 is 11.9 Å². The zero-order valence-electron chi connectivity index (χ0n) is 10.0. The number of aliphatic hydroxyl groups excluding tert-OH is 2. The number of ether oxygens (including phenoxy) is 1. The second-order valence-corrected chi connectivity index (χ2v) is 4.18. The third-order valence-corrected chi connectivity index (χ3v) is 2.97. The Balaban J connectivity index is 2.99. The van der Waals surface area contributed by atoms with E-state index in [1.165, 1.54) is 18.2 Å². The van der Waals surface area contributed by atoms with Gasteiger partial charge in [-0.25, -0.2) is 4.79 Å². The highest BCUT2D eigenvalue weighted by Crippen LogP contribution is 2.29. The zero-order chi connectivity index (χ0) is 14.6. The number of hydrogen-bond acceptors (Lipinski definition) is 5. The minimum Gasteiger partial charge on any atom is -0.478 e. The van der Waals surface area contributed by atoms with Crippen LogP contribution in [-0.2, 0) is 9.53 Å². The van der Waals surface area contributed by atoms with Gasteiger partial charge in [-0.05, 0) is 6.07 Å². The molecule has 0 aromatic heterocycles. The van der Waals surface area contributed by atoms with Crippen LogP contribution >= 0.6 is 11.6 Å². The van der Waals surface area contributed by atoms with Gasteiger partial charge in [0.25, 0.3) is 0 Å². The van der Waals surface area contributed by atoms with Gasteiger partial charge in [0.15, 0.2) is 0 Å². The summed E-state index contributed by atoms with van der Waals surface area (Å²) in [6.45, 7) is 0. The Labute approximate surface area is 114 Å². The molecule has 0 heterocycles. The monoisotopic (exact) mass is 288 g/mol. The number of carboxylic acids is 1. The Morgan fingerprint density at radius 2 is 2.00 bits per heavy atom. The molecule has 0 bridgehead atoms. The molecule has 0 radical (unpaired) electrons. The van der Waals surface area contributed by atoms with Crippen LogP contribution in [0.5, 0.6) is 0 Å². The number of aliphatic hydroxyl groups is 2. The van der Waals surface area contributed by atoms with Crippen molar-refractivity contribution in [2.75, 3.05) is 7.11 Å². The predicted molar refractivity (Wildman–Crippen MR) is 66.0 cm³/mol. The molecule has 0 aliphatic rings. The van der Waals surface area contributed by atoms with Crippen LogP contribution in [0.3, 0.4) is 0 Å². The number of carboxylic acid groups (broad SMARTS) is 1. The van der Waals surface area contributed by atoms with E-state index in [0.717, 1.165) is 7.11 Å². The lowest BCUT2D eigenvalue weighted by molar-refractivity contribution is -0.144. The van der Waals surface area contributed by atoms with Crippen molar-refractivity contribution in [2.24, 2.45) is 0 Å². The van der Waals surface area contributed by atoms with E-state index in [0.29, 0.717) is 0 Å². The van der Waals surface area contributed by atoms with Crippen molar-refractivity contribution in [3.63, 3.8) is 0 Å². The lowest BCUT2D eigenvalue weighted by Crippen LogP contribution is -2.23. The number of halogens is 1. The van der Waals surface area contributed by atoms with Crippen LogP contribution in [0, 0.1) is 0 Å². The van der Waals surface area contributed by atoms with Crippen molar-refractivity contribution in [2.45, 2.75) is 18.6 Å². The first kappa shape index (κ1) is 15.4. The highest BCUT2D eigenvalue weighted by molar-refractivity contribution is 6.34. The summed E-state index contributed by atoms with van der Waals surface area (Å²) < 4.78 is 4.36. The third-order valence-electron chi connectivity index (χ3n) is 2.55. The van der Waals surface area contributed by atoms with Gasteiger partial charge < -0.3 is 20.1 Å². The number of aromatic carboxylic acids is 1. The molecule has 0 saturated carbocycles. The van der Waals surface area contributed by atoms with Gasteiger partial charge in [0, 0.05) is 5.56 Å². The Kier molecular flexibility index (Phi) is 5.29. The van der Waals surface area contributed by atoms with Crippen molar-refractivity contribution in [1.29, 1.82) is 0 Å². The SMILES string of the molecule is COC(=O)CC(O)C(O)c1cccc(C(=O)O)c1Cl. The van der Waals surface area contributed by atoms with E-state index in [1.807, 2.05) is 0 Å². The van der Waals surface area contributed by atoms with Gasteiger partial charge in [-0.3, -0.25) is 4.79 Å². The molecule has 7 heteroatoms. The highest BCUT2D eigenvalue weighted by atomic mass is 35.5. The molecule has 2 atom stereocenters. The van der Waals surface area contributed by atoms with Crippen molar-refractivity contribution >= 4 is 23.5 Å². The van der Waals surface area contributed by atoms with Crippen molar-refractivity contribution < 1.29 is 29.6 Å². The molecule has 1 aromatic carbocycles. The normalized spacial score (nSPS) is 13.7. The summed E-state index contributed by atoms with van der Waals surface area (Å²) in [5.41, 5.74) is -0.151. The van der Waals surface area contributed by atoms with Crippen LogP contribution in [0.25, 0.3) is 0 Å². The van der Waals surface area contributed by atoms with Gasteiger partial charge in [0.05, 0.1) is 30.2 Å². The average molecular weight is 289 g/mol. The van der Waals surface area contributed by atoms with Crippen molar-refractivity contribution in [3.05, 3.63) is 34.3 Å². The lowest BCUT2D eigenvalue weighted by Gasteiger charge is -2.18. The molecule has 0 saturated heterocycles. The summed E-state index contributed by atoms with van der Waals surface area (Å²) in [5, 5.41) is 28.3. The summed E-state index contributed by atoms with van der Waals surface area (Å²) in [6, 6.07) is 4.03. The molecule has 6 nitrogen and oxygen atoms in total. The molecule has 19 heavy (non-hydrogen) atoms. The fourth-order valence-corrected chi connectivity index (χ4v) is 1.84. The fraction of sp³-hybridized carbons (Fsp3) is 0.333. The number of carbonyl (C=O) groups is 2. The van der Waals surface area contributed by atoms with Crippen LogP contribution in [-0.4, -0.2) is 40.5 Å². The Morgan fingerprint density at radius 3 is 2.53 bits per heavy atom. The van der Waals surface area contributed by atoms with Crippen LogP contribution in [0.4, 0.5) is 0 Å². The minimum absolute atomic E-state index is 0.0398. The van der Waals surface area contributed by atoms with Crippen molar-refractivity contribution in [1.82, 2.24) is 0 Å². The molecule has 0 spiro atoms. The highest BCUT2D eigenvalue weighted by Gasteiger charge is 2.25. The number of methoxy groups -OCH3 is 1. The van der Waals surface area contributed by atoms with Crippen LogP contribution in [0.1, 0.15) is 28.4 Å². The second-order valence-electron chi connectivity index (χ2n) is 3.81. The summed E-state index contributed by atoms with van der Waals surface area (Å²) in [7, 11) is 1.15. The minimum atomic E-state index is -1.48. The van der Waals surface area contributed by atoms with E-state index >= 15 is 0 Å². The van der Waals surface area contributed by atoms with Crippen LogP contribution < -0.4 is 0 Å². The first-order valence-corrected chi connectivity index (χ1v) is 5.71. The number of hydrogen-bond donors (Lipinski definition) is 3. The quantitative estimate of drug-likeness (QED) is 0.698. The maximum absolute atomic E-state index is 11.0. The Morgan fingerprint density at radius 1 is 1.37 bits per heavy atom. The first-order valence-electron chi connectivity index (χ1n) is 5.33. The molecule has 1 rings (SSSR count). The second kappa shape index (κ2) is 6.51. The smallest absolute Gasteiger partial charge is 0.337 e. The van der Waals surface area contributed by atoms with E-state index in [2.05, 4.69) is 4.74 Å².